The monoisotopic (exact) mass is 144 g/mol. The molecule has 0 aromatic heterocycles. The van der Waals surface area contributed by atoms with Crippen molar-refractivity contribution >= 4 is 6.29 Å². The highest BCUT2D eigenvalue weighted by Gasteiger charge is 2.29. The lowest BCUT2D eigenvalue weighted by Gasteiger charge is -2.31. The van der Waals surface area contributed by atoms with E-state index >= 15 is 0 Å². The second-order valence-electron chi connectivity index (χ2n) is 3.13. The van der Waals surface area contributed by atoms with Gasteiger partial charge in [0.05, 0.1) is 0 Å². The molecule has 0 radical (unpaired) electrons. The fourth-order valence-electron chi connectivity index (χ4n) is 1.35. The van der Waals surface area contributed by atoms with Gasteiger partial charge in [0.25, 0.3) is 0 Å². The molecule has 0 aromatic rings. The Hall–Kier alpha value is -0.400. The predicted octanol–water partition coefficient (Wildman–Crippen LogP) is 1.96. The molecule has 0 N–H and O–H groups in total. The molecule has 1 unspecified atom stereocenters. The first-order chi connectivity index (χ1) is 4.75. The van der Waals surface area contributed by atoms with Gasteiger partial charge in [0.2, 0.25) is 0 Å². The normalized spacial score (nSPS) is 25.0. The van der Waals surface area contributed by atoms with E-state index in [1.165, 1.54) is 6.42 Å². The van der Waals surface area contributed by atoms with Gasteiger partial charge in [-0.2, -0.15) is 0 Å². The molecule has 1 rings (SSSR count). The second-order valence-corrected chi connectivity index (χ2v) is 3.13. The molecular formula is C8H13FO. The number of hydrogen-bond donors (Lipinski definition) is 0. The summed E-state index contributed by atoms with van der Waals surface area (Å²) in [5, 5.41) is 0. The lowest BCUT2D eigenvalue weighted by molar-refractivity contribution is -0.114. The summed E-state index contributed by atoms with van der Waals surface area (Å²) in [7, 11) is 0. The minimum absolute atomic E-state index is 0.0498. The molecule has 0 aliphatic heterocycles. The van der Waals surface area contributed by atoms with Gasteiger partial charge in [0, 0.05) is 0 Å². The number of hydrogen-bond acceptors (Lipinski definition) is 1. The summed E-state index contributed by atoms with van der Waals surface area (Å²) in [4.78, 5) is 10.0. The molecule has 1 aliphatic rings. The quantitative estimate of drug-likeness (QED) is 0.553. The lowest BCUT2D eigenvalue weighted by Crippen LogP contribution is -2.27. The average molecular weight is 144 g/mol. The van der Waals surface area contributed by atoms with Crippen molar-refractivity contribution in [3.05, 3.63) is 0 Å². The maximum atomic E-state index is 12.6. The molecule has 58 valence electrons. The van der Waals surface area contributed by atoms with Crippen LogP contribution in [-0.4, -0.2) is 12.5 Å². The molecule has 0 bridgehead atoms. The number of carbonyl (C=O) groups excluding carboxylic acids is 1. The van der Waals surface area contributed by atoms with E-state index in [4.69, 9.17) is 0 Å². The van der Waals surface area contributed by atoms with Gasteiger partial charge >= 0.3 is 0 Å². The maximum Gasteiger partial charge on any atom is 0.158 e. The lowest BCUT2D eigenvalue weighted by atomic mass is 9.75. The van der Waals surface area contributed by atoms with Crippen LogP contribution in [0.1, 0.15) is 26.2 Å². The highest BCUT2D eigenvalue weighted by atomic mass is 19.1. The van der Waals surface area contributed by atoms with Gasteiger partial charge in [-0.3, -0.25) is 0 Å². The van der Waals surface area contributed by atoms with Crippen molar-refractivity contribution in [2.24, 2.45) is 11.8 Å². The second kappa shape index (κ2) is 3.13. The number of alkyl halides is 1. The van der Waals surface area contributed by atoms with Gasteiger partial charge < -0.3 is 4.79 Å². The number of rotatable bonds is 3. The Morgan fingerprint density at radius 3 is 2.50 bits per heavy atom. The Bertz CT molecular complexity index is 120. The van der Waals surface area contributed by atoms with Crippen LogP contribution in [0.25, 0.3) is 0 Å². The maximum absolute atomic E-state index is 12.6. The number of carbonyl (C=O) groups is 1. The molecule has 2 heteroatoms. The zero-order chi connectivity index (χ0) is 7.56. The molecule has 0 spiro atoms. The van der Waals surface area contributed by atoms with Crippen LogP contribution in [0.15, 0.2) is 0 Å². The van der Waals surface area contributed by atoms with Crippen LogP contribution in [0.4, 0.5) is 4.39 Å². The predicted molar refractivity (Wildman–Crippen MR) is 37.5 cm³/mol. The smallest absolute Gasteiger partial charge is 0.158 e. The van der Waals surface area contributed by atoms with Crippen LogP contribution >= 0.6 is 0 Å². The first-order valence-corrected chi connectivity index (χ1v) is 3.85. The summed E-state index contributed by atoms with van der Waals surface area (Å²) in [6.07, 6.45) is 2.61. The van der Waals surface area contributed by atoms with E-state index in [2.05, 4.69) is 0 Å². The summed E-state index contributed by atoms with van der Waals surface area (Å²) >= 11 is 0. The highest BCUT2D eigenvalue weighted by molar-refractivity contribution is 5.56. The van der Waals surface area contributed by atoms with Crippen molar-refractivity contribution in [2.45, 2.75) is 32.4 Å². The Morgan fingerprint density at radius 2 is 2.20 bits per heavy atom. The largest absolute Gasteiger partial charge is 0.300 e. The van der Waals surface area contributed by atoms with Gasteiger partial charge in [-0.05, 0) is 11.8 Å². The van der Waals surface area contributed by atoms with Gasteiger partial charge in [-0.1, -0.05) is 26.2 Å². The SMILES string of the molecule is C[C@@H](C(F)C=O)C1CCC1. The first kappa shape index (κ1) is 7.70. The van der Waals surface area contributed by atoms with Gasteiger partial charge in [-0.15, -0.1) is 0 Å². The van der Waals surface area contributed by atoms with Crippen molar-refractivity contribution in [1.82, 2.24) is 0 Å². The molecular weight excluding hydrogens is 131 g/mol. The van der Waals surface area contributed by atoms with Crippen molar-refractivity contribution in [3.63, 3.8) is 0 Å². The van der Waals surface area contributed by atoms with Crippen LogP contribution in [0.5, 0.6) is 0 Å². The van der Waals surface area contributed by atoms with Gasteiger partial charge in [0.15, 0.2) is 12.5 Å². The average Bonchev–Trinajstić information content (AvgIpc) is 1.82. The molecule has 1 saturated carbocycles. The molecule has 2 atom stereocenters. The third-order valence-electron chi connectivity index (χ3n) is 2.53. The molecule has 0 aromatic carbocycles. The van der Waals surface area contributed by atoms with Gasteiger partial charge in [0.1, 0.15) is 0 Å². The zero-order valence-corrected chi connectivity index (χ0v) is 6.22. The van der Waals surface area contributed by atoms with E-state index in [0.29, 0.717) is 12.2 Å². The first-order valence-electron chi connectivity index (χ1n) is 3.85. The van der Waals surface area contributed by atoms with Crippen molar-refractivity contribution in [1.29, 1.82) is 0 Å². The van der Waals surface area contributed by atoms with E-state index in [1.807, 2.05) is 6.92 Å². The summed E-state index contributed by atoms with van der Waals surface area (Å²) < 4.78 is 12.6. The number of aldehydes is 1. The fraction of sp³-hybridized carbons (Fsp3) is 0.875. The summed E-state index contributed by atoms with van der Waals surface area (Å²) in [6, 6.07) is 0. The van der Waals surface area contributed by atoms with Crippen molar-refractivity contribution in [3.8, 4) is 0 Å². The minimum atomic E-state index is -1.23. The van der Waals surface area contributed by atoms with Crippen LogP contribution in [0, 0.1) is 11.8 Å². The van der Waals surface area contributed by atoms with Crippen molar-refractivity contribution in [2.75, 3.05) is 0 Å². The Balaban J connectivity index is 2.31. The molecule has 1 aliphatic carbocycles. The van der Waals surface area contributed by atoms with E-state index in [9.17, 15) is 9.18 Å². The Kier molecular flexibility index (Phi) is 2.41. The van der Waals surface area contributed by atoms with E-state index in [0.717, 1.165) is 12.8 Å². The topological polar surface area (TPSA) is 17.1 Å². The third kappa shape index (κ3) is 1.36. The van der Waals surface area contributed by atoms with Crippen LogP contribution in [0.2, 0.25) is 0 Å². The van der Waals surface area contributed by atoms with Crippen molar-refractivity contribution < 1.29 is 9.18 Å². The summed E-state index contributed by atoms with van der Waals surface area (Å²) in [5.74, 6) is 0.423. The molecule has 1 nitrogen and oxygen atoms in total. The Labute approximate surface area is 60.6 Å². The fourth-order valence-corrected chi connectivity index (χ4v) is 1.35. The standard InChI is InChI=1S/C8H13FO/c1-6(8(9)5-10)7-3-2-4-7/h5-8H,2-4H2,1H3/t6-,8?/m1/s1. The van der Waals surface area contributed by atoms with Gasteiger partial charge in [-0.25, -0.2) is 4.39 Å². The minimum Gasteiger partial charge on any atom is -0.300 e. The third-order valence-corrected chi connectivity index (χ3v) is 2.53. The molecule has 0 amide bonds. The van der Waals surface area contributed by atoms with Crippen LogP contribution in [0.3, 0.4) is 0 Å². The molecule has 10 heavy (non-hydrogen) atoms. The molecule has 1 fully saturated rings. The van der Waals surface area contributed by atoms with E-state index in [-0.39, 0.29) is 5.92 Å². The van der Waals surface area contributed by atoms with Crippen LogP contribution in [-0.2, 0) is 4.79 Å². The number of halogens is 1. The van der Waals surface area contributed by atoms with Crippen LogP contribution < -0.4 is 0 Å². The van der Waals surface area contributed by atoms with E-state index in [1.54, 1.807) is 0 Å². The summed E-state index contributed by atoms with van der Waals surface area (Å²) in [5.41, 5.74) is 0. The van der Waals surface area contributed by atoms with E-state index < -0.39 is 6.17 Å². The zero-order valence-electron chi connectivity index (χ0n) is 6.22. The summed E-state index contributed by atoms with van der Waals surface area (Å²) in [6.45, 7) is 1.82. The Morgan fingerprint density at radius 1 is 1.60 bits per heavy atom. The molecule has 0 heterocycles. The molecule has 0 saturated heterocycles. The highest BCUT2D eigenvalue weighted by Crippen LogP contribution is 2.35.